The maximum absolute atomic E-state index is 11.7. The Bertz CT molecular complexity index is 646. The minimum Gasteiger partial charge on any atom is -0.508 e. The zero-order chi connectivity index (χ0) is 20.1. The predicted octanol–water partition coefficient (Wildman–Crippen LogP) is -1.97. The van der Waals surface area contributed by atoms with Gasteiger partial charge in [-0.1, -0.05) is 6.58 Å². The van der Waals surface area contributed by atoms with E-state index in [4.69, 9.17) is 19.3 Å². The normalized spacial score (nSPS) is 29.0. The van der Waals surface area contributed by atoms with Crippen LogP contribution in [-0.4, -0.2) is 86.6 Å². The van der Waals surface area contributed by atoms with E-state index in [-0.39, 0.29) is 17.1 Å². The number of benzene rings is 1. The Morgan fingerprint density at radius 2 is 1.78 bits per heavy atom. The molecule has 6 N–H and O–H groups in total. The van der Waals surface area contributed by atoms with Crippen LogP contribution in [0, 0.1) is 0 Å². The Kier molecular flexibility index (Phi) is 7.13. The first-order valence-corrected chi connectivity index (χ1v) is 8.04. The molecule has 1 fully saturated rings. The summed E-state index contributed by atoms with van der Waals surface area (Å²) >= 11 is 0. The van der Waals surface area contributed by atoms with Gasteiger partial charge < -0.3 is 44.8 Å². The van der Waals surface area contributed by atoms with E-state index in [1.165, 1.54) is 24.3 Å². The molecule has 6 atom stereocenters. The summed E-state index contributed by atoms with van der Waals surface area (Å²) in [6, 6.07) is 5.48. The molecule has 1 aromatic carbocycles. The van der Waals surface area contributed by atoms with Gasteiger partial charge in [0, 0.05) is 0 Å². The van der Waals surface area contributed by atoms with Crippen molar-refractivity contribution in [3.63, 3.8) is 0 Å². The number of carbonyl (C=O) groups is 1. The predicted molar refractivity (Wildman–Crippen MR) is 88.6 cm³/mol. The van der Waals surface area contributed by atoms with Crippen molar-refractivity contribution in [3.05, 3.63) is 36.4 Å². The SMILES string of the molecule is C=C(C(=O)OCC1OC(Oc2ccc(O)cc2)C(O)C(O)C1O)[C@@H](O)CO. The standard InChI is InChI=1S/C17H22O10/c1-8(11(20)6-18)16(24)25-7-12-13(21)14(22)15(23)17(27-12)26-10-4-2-9(19)3-5-10/h2-5,11-15,17-23H,1,6-7H2/t11-,12?,13?,14?,15?,17?/m0/s1. The first-order valence-electron chi connectivity index (χ1n) is 8.04. The summed E-state index contributed by atoms with van der Waals surface area (Å²) in [5.74, 6) is -0.808. The van der Waals surface area contributed by atoms with E-state index in [0.717, 1.165) is 0 Å². The topological polar surface area (TPSA) is 166 Å². The summed E-state index contributed by atoms with van der Waals surface area (Å²) < 4.78 is 15.6. The molecule has 2 rings (SSSR count). The molecular weight excluding hydrogens is 364 g/mol. The molecule has 0 bridgehead atoms. The number of phenols is 1. The summed E-state index contributed by atoms with van der Waals surface area (Å²) in [5.41, 5.74) is -0.389. The van der Waals surface area contributed by atoms with Crippen LogP contribution in [0.1, 0.15) is 0 Å². The van der Waals surface area contributed by atoms with Gasteiger partial charge in [0.1, 0.15) is 48.6 Å². The number of hydrogen-bond acceptors (Lipinski definition) is 10. The number of esters is 1. The molecule has 27 heavy (non-hydrogen) atoms. The molecule has 150 valence electrons. The first-order chi connectivity index (χ1) is 12.7. The molecule has 5 unspecified atom stereocenters. The largest absolute Gasteiger partial charge is 0.508 e. The summed E-state index contributed by atoms with van der Waals surface area (Å²) in [6.45, 7) is 2.04. The van der Waals surface area contributed by atoms with Crippen LogP contribution >= 0.6 is 0 Å². The second-order valence-corrected chi connectivity index (χ2v) is 5.95. The average molecular weight is 386 g/mol. The van der Waals surface area contributed by atoms with Crippen molar-refractivity contribution in [1.29, 1.82) is 0 Å². The van der Waals surface area contributed by atoms with Gasteiger partial charge in [-0.05, 0) is 24.3 Å². The van der Waals surface area contributed by atoms with Gasteiger partial charge in [0.15, 0.2) is 0 Å². The minimum absolute atomic E-state index is 0.00185. The molecule has 0 aliphatic carbocycles. The summed E-state index contributed by atoms with van der Waals surface area (Å²) in [5, 5.41) is 57.4. The lowest BCUT2D eigenvalue weighted by Gasteiger charge is -2.39. The Labute approximate surface area is 154 Å². The Balaban J connectivity index is 2.00. The number of aliphatic hydroxyl groups excluding tert-OH is 5. The highest BCUT2D eigenvalue weighted by Crippen LogP contribution is 2.25. The van der Waals surface area contributed by atoms with Crippen molar-refractivity contribution in [3.8, 4) is 11.5 Å². The highest BCUT2D eigenvalue weighted by atomic mass is 16.7. The van der Waals surface area contributed by atoms with Crippen LogP contribution in [0.3, 0.4) is 0 Å². The van der Waals surface area contributed by atoms with Crippen LogP contribution in [0.2, 0.25) is 0 Å². The van der Waals surface area contributed by atoms with Crippen LogP contribution < -0.4 is 4.74 Å². The number of aliphatic hydroxyl groups is 5. The Hall–Kier alpha value is -2.21. The molecule has 10 nitrogen and oxygen atoms in total. The first kappa shape index (κ1) is 21.1. The maximum atomic E-state index is 11.7. The molecule has 0 aromatic heterocycles. The van der Waals surface area contributed by atoms with E-state index in [9.17, 15) is 30.3 Å². The summed E-state index contributed by atoms with van der Waals surface area (Å²) in [7, 11) is 0. The fourth-order valence-electron chi connectivity index (χ4n) is 2.31. The van der Waals surface area contributed by atoms with Crippen molar-refractivity contribution < 1.29 is 49.6 Å². The van der Waals surface area contributed by atoms with Gasteiger partial charge in [0.05, 0.1) is 12.2 Å². The molecule has 1 aliphatic rings. The zero-order valence-corrected chi connectivity index (χ0v) is 14.2. The molecule has 1 heterocycles. The van der Waals surface area contributed by atoms with Crippen LogP contribution in [-0.2, 0) is 14.3 Å². The van der Waals surface area contributed by atoms with E-state index in [1.807, 2.05) is 0 Å². The van der Waals surface area contributed by atoms with E-state index in [1.54, 1.807) is 0 Å². The molecule has 1 aromatic rings. The molecule has 1 saturated heterocycles. The molecule has 10 heteroatoms. The Morgan fingerprint density at radius 1 is 1.15 bits per heavy atom. The minimum atomic E-state index is -1.64. The van der Waals surface area contributed by atoms with E-state index in [2.05, 4.69) is 6.58 Å². The zero-order valence-electron chi connectivity index (χ0n) is 14.2. The monoisotopic (exact) mass is 386 g/mol. The second kappa shape index (κ2) is 9.13. The van der Waals surface area contributed by atoms with Gasteiger partial charge in [-0.25, -0.2) is 4.79 Å². The van der Waals surface area contributed by atoms with E-state index >= 15 is 0 Å². The Morgan fingerprint density at radius 3 is 2.37 bits per heavy atom. The maximum Gasteiger partial charge on any atom is 0.336 e. The average Bonchev–Trinajstić information content (AvgIpc) is 2.67. The van der Waals surface area contributed by atoms with Crippen molar-refractivity contribution >= 4 is 5.97 Å². The third-order valence-corrected chi connectivity index (χ3v) is 3.97. The number of ether oxygens (including phenoxy) is 3. The van der Waals surface area contributed by atoms with E-state index < -0.39 is 56.0 Å². The van der Waals surface area contributed by atoms with Crippen LogP contribution in [0.4, 0.5) is 0 Å². The highest BCUT2D eigenvalue weighted by Gasteiger charge is 2.45. The molecular formula is C17H22O10. The lowest BCUT2D eigenvalue weighted by atomic mass is 9.99. The van der Waals surface area contributed by atoms with Gasteiger partial charge in [0.2, 0.25) is 6.29 Å². The molecule has 0 radical (unpaired) electrons. The highest BCUT2D eigenvalue weighted by molar-refractivity contribution is 5.88. The van der Waals surface area contributed by atoms with Gasteiger partial charge in [-0.2, -0.15) is 0 Å². The van der Waals surface area contributed by atoms with E-state index in [0.29, 0.717) is 0 Å². The fraction of sp³-hybridized carbons (Fsp3) is 0.471. The molecule has 0 amide bonds. The number of carbonyl (C=O) groups excluding carboxylic acids is 1. The van der Waals surface area contributed by atoms with Gasteiger partial charge in [-0.3, -0.25) is 0 Å². The number of phenolic OH excluding ortho intramolecular Hbond substituents is 1. The quantitative estimate of drug-likeness (QED) is 0.229. The fourth-order valence-corrected chi connectivity index (χ4v) is 2.31. The van der Waals surface area contributed by atoms with Crippen molar-refractivity contribution in [2.24, 2.45) is 0 Å². The number of rotatable bonds is 7. The third kappa shape index (κ3) is 5.16. The summed E-state index contributed by atoms with van der Waals surface area (Å²) in [4.78, 5) is 11.7. The molecule has 1 aliphatic heterocycles. The number of aromatic hydroxyl groups is 1. The van der Waals surface area contributed by atoms with Gasteiger partial charge in [0.25, 0.3) is 0 Å². The molecule has 0 saturated carbocycles. The smallest absolute Gasteiger partial charge is 0.336 e. The summed E-state index contributed by atoms with van der Waals surface area (Å²) in [6.07, 6.45) is -8.93. The van der Waals surface area contributed by atoms with Crippen molar-refractivity contribution in [2.75, 3.05) is 13.2 Å². The van der Waals surface area contributed by atoms with Crippen LogP contribution in [0.5, 0.6) is 11.5 Å². The van der Waals surface area contributed by atoms with Crippen molar-refractivity contribution in [2.45, 2.75) is 36.8 Å². The lowest BCUT2D eigenvalue weighted by Crippen LogP contribution is -2.60. The van der Waals surface area contributed by atoms with Crippen LogP contribution in [0.25, 0.3) is 0 Å². The van der Waals surface area contributed by atoms with Crippen LogP contribution in [0.15, 0.2) is 36.4 Å². The second-order valence-electron chi connectivity index (χ2n) is 5.95. The van der Waals surface area contributed by atoms with Gasteiger partial charge in [-0.15, -0.1) is 0 Å². The lowest BCUT2D eigenvalue weighted by molar-refractivity contribution is -0.278. The van der Waals surface area contributed by atoms with Crippen molar-refractivity contribution in [1.82, 2.24) is 0 Å². The third-order valence-electron chi connectivity index (χ3n) is 3.97. The number of hydrogen-bond donors (Lipinski definition) is 6. The molecule has 0 spiro atoms. The van der Waals surface area contributed by atoms with Gasteiger partial charge >= 0.3 is 5.97 Å².